The number of hydrogen-bond acceptors (Lipinski definition) is 5. The number of esters is 1. The monoisotopic (exact) mass is 470 g/mol. The Hall–Kier alpha value is -3.17. The summed E-state index contributed by atoms with van der Waals surface area (Å²) in [5.41, 5.74) is 8.01. The number of benzene rings is 3. The van der Waals surface area contributed by atoms with Gasteiger partial charge in [0.15, 0.2) is 0 Å². The Morgan fingerprint density at radius 3 is 2.42 bits per heavy atom. The van der Waals surface area contributed by atoms with Gasteiger partial charge in [-0.15, -0.1) is 0 Å². The molecule has 31 heavy (non-hydrogen) atoms. The molecule has 154 valence electrons. The first-order valence-corrected chi connectivity index (χ1v) is 10.1. The van der Waals surface area contributed by atoms with Gasteiger partial charge in [0.05, 0.1) is 21.5 Å². The Morgan fingerprint density at radius 1 is 1.00 bits per heavy atom. The van der Waals surface area contributed by atoms with Gasteiger partial charge in [-0.2, -0.15) is 5.26 Å². The van der Waals surface area contributed by atoms with Gasteiger partial charge in [-0.1, -0.05) is 46.9 Å². The van der Waals surface area contributed by atoms with Crippen molar-refractivity contribution >= 4 is 40.8 Å². The molecule has 3 aromatic carbocycles. The fourth-order valence-corrected chi connectivity index (χ4v) is 3.72. The molecule has 1 heterocycles. The molecule has 0 aliphatic carbocycles. The number of fused-ring (bicyclic) bond motifs is 1. The molecule has 0 saturated carbocycles. The van der Waals surface area contributed by atoms with E-state index in [0.717, 1.165) is 5.56 Å². The van der Waals surface area contributed by atoms with Crippen molar-refractivity contribution in [1.29, 1.82) is 5.26 Å². The second-order valence-corrected chi connectivity index (χ2v) is 7.95. The Morgan fingerprint density at radius 2 is 1.74 bits per heavy atom. The van der Waals surface area contributed by atoms with E-state index in [4.69, 9.17) is 50.0 Å². The predicted molar refractivity (Wildman–Crippen MR) is 119 cm³/mol. The highest BCUT2D eigenvalue weighted by Crippen LogP contribution is 2.44. The summed E-state index contributed by atoms with van der Waals surface area (Å²) >= 11 is 18.1. The Balaban J connectivity index is 1.70. The number of nitrogens with zero attached hydrogens (tertiary/aromatic N) is 1. The molecule has 4 rings (SSSR count). The van der Waals surface area contributed by atoms with Gasteiger partial charge in [-0.3, -0.25) is 0 Å². The summed E-state index contributed by atoms with van der Waals surface area (Å²) in [6.07, 6.45) is 0. The van der Waals surface area contributed by atoms with Gasteiger partial charge in [-0.25, -0.2) is 4.79 Å². The van der Waals surface area contributed by atoms with Crippen molar-refractivity contribution in [3.63, 3.8) is 0 Å². The van der Waals surface area contributed by atoms with Crippen LogP contribution in [0.5, 0.6) is 11.5 Å². The molecule has 1 aliphatic heterocycles. The summed E-state index contributed by atoms with van der Waals surface area (Å²) in [5.74, 6) is -0.458. The zero-order valence-electron chi connectivity index (χ0n) is 15.7. The maximum atomic E-state index is 12.4. The molecule has 3 aromatic rings. The van der Waals surface area contributed by atoms with Crippen LogP contribution in [0.15, 0.2) is 72.1 Å². The Bertz CT molecular complexity index is 1260. The smallest absolute Gasteiger partial charge is 0.343 e. The van der Waals surface area contributed by atoms with Crippen LogP contribution >= 0.6 is 34.8 Å². The lowest BCUT2D eigenvalue weighted by molar-refractivity contribution is 0.0734. The van der Waals surface area contributed by atoms with E-state index in [1.165, 1.54) is 0 Å². The SMILES string of the molecule is N#CC1=C(N)Oc2cc(OC(=O)c3ccc(Cl)cc3)ccc2C1c1ccc(Cl)c(Cl)c1. The first-order chi connectivity index (χ1) is 14.9. The van der Waals surface area contributed by atoms with Crippen LogP contribution in [0, 0.1) is 11.3 Å². The second-order valence-electron chi connectivity index (χ2n) is 6.69. The molecule has 0 amide bonds. The van der Waals surface area contributed by atoms with Crippen LogP contribution < -0.4 is 15.2 Å². The summed E-state index contributed by atoms with van der Waals surface area (Å²) in [6, 6.07) is 18.5. The van der Waals surface area contributed by atoms with Crippen molar-refractivity contribution in [2.24, 2.45) is 5.73 Å². The number of ether oxygens (including phenoxy) is 2. The molecule has 0 bridgehead atoms. The molecule has 2 N–H and O–H groups in total. The predicted octanol–water partition coefficient (Wildman–Crippen LogP) is 6.08. The molecular weight excluding hydrogens is 459 g/mol. The lowest BCUT2D eigenvalue weighted by Crippen LogP contribution is -2.21. The van der Waals surface area contributed by atoms with Gasteiger partial charge < -0.3 is 15.2 Å². The molecule has 1 aliphatic rings. The topological polar surface area (TPSA) is 85.3 Å². The quantitative estimate of drug-likeness (QED) is 0.369. The summed E-state index contributed by atoms with van der Waals surface area (Å²) < 4.78 is 11.1. The largest absolute Gasteiger partial charge is 0.440 e. The van der Waals surface area contributed by atoms with Gasteiger partial charge in [-0.05, 0) is 48.0 Å². The summed E-state index contributed by atoms with van der Waals surface area (Å²) in [7, 11) is 0. The number of rotatable bonds is 3. The number of allylic oxidation sites excluding steroid dienone is 1. The van der Waals surface area contributed by atoms with Gasteiger partial charge in [0.25, 0.3) is 0 Å². The molecule has 1 atom stereocenters. The lowest BCUT2D eigenvalue weighted by atomic mass is 9.83. The number of nitrogens with two attached hydrogens (primary N) is 1. The number of halogens is 3. The average Bonchev–Trinajstić information content (AvgIpc) is 2.75. The third kappa shape index (κ3) is 4.19. The maximum absolute atomic E-state index is 12.4. The minimum absolute atomic E-state index is 0.0350. The van der Waals surface area contributed by atoms with E-state index < -0.39 is 11.9 Å². The number of nitriles is 1. The van der Waals surface area contributed by atoms with E-state index in [1.807, 2.05) is 0 Å². The van der Waals surface area contributed by atoms with Gasteiger partial charge in [0.1, 0.15) is 23.1 Å². The van der Waals surface area contributed by atoms with Crippen LogP contribution in [0.25, 0.3) is 0 Å². The van der Waals surface area contributed by atoms with Crippen molar-refractivity contribution in [2.45, 2.75) is 5.92 Å². The van der Waals surface area contributed by atoms with Gasteiger partial charge >= 0.3 is 5.97 Å². The van der Waals surface area contributed by atoms with Crippen LogP contribution in [0.4, 0.5) is 0 Å². The van der Waals surface area contributed by atoms with Crippen molar-refractivity contribution in [3.8, 4) is 17.6 Å². The second kappa shape index (κ2) is 8.52. The molecule has 0 aromatic heterocycles. The molecule has 0 radical (unpaired) electrons. The minimum Gasteiger partial charge on any atom is -0.440 e. The van der Waals surface area contributed by atoms with Crippen molar-refractivity contribution < 1.29 is 14.3 Å². The molecular formula is C23H13Cl3N2O3. The van der Waals surface area contributed by atoms with Crippen LogP contribution in [-0.4, -0.2) is 5.97 Å². The molecule has 0 saturated heterocycles. The van der Waals surface area contributed by atoms with Gasteiger partial charge in [0.2, 0.25) is 5.88 Å². The van der Waals surface area contributed by atoms with E-state index in [-0.39, 0.29) is 17.2 Å². The Labute approximate surface area is 193 Å². The highest BCUT2D eigenvalue weighted by molar-refractivity contribution is 6.42. The molecule has 0 fully saturated rings. The zero-order chi connectivity index (χ0) is 22.1. The van der Waals surface area contributed by atoms with E-state index in [9.17, 15) is 10.1 Å². The van der Waals surface area contributed by atoms with E-state index in [2.05, 4.69) is 6.07 Å². The third-order valence-electron chi connectivity index (χ3n) is 4.76. The highest BCUT2D eigenvalue weighted by Gasteiger charge is 2.31. The van der Waals surface area contributed by atoms with E-state index in [0.29, 0.717) is 31.9 Å². The third-order valence-corrected chi connectivity index (χ3v) is 5.75. The highest BCUT2D eigenvalue weighted by atomic mass is 35.5. The van der Waals surface area contributed by atoms with Crippen molar-refractivity contribution in [2.75, 3.05) is 0 Å². The fraction of sp³-hybridized carbons (Fsp3) is 0.0435. The van der Waals surface area contributed by atoms with Crippen LogP contribution in [0.2, 0.25) is 15.1 Å². The van der Waals surface area contributed by atoms with Gasteiger partial charge in [0, 0.05) is 16.7 Å². The number of carbonyl (C=O) groups is 1. The lowest BCUT2D eigenvalue weighted by Gasteiger charge is -2.27. The Kier molecular flexibility index (Phi) is 5.79. The first kappa shape index (κ1) is 21.1. The summed E-state index contributed by atoms with van der Waals surface area (Å²) in [5, 5.41) is 10.9. The van der Waals surface area contributed by atoms with Crippen LogP contribution in [0.1, 0.15) is 27.4 Å². The van der Waals surface area contributed by atoms with Crippen LogP contribution in [0.3, 0.4) is 0 Å². The van der Waals surface area contributed by atoms with E-state index >= 15 is 0 Å². The fourth-order valence-electron chi connectivity index (χ4n) is 3.29. The molecule has 5 nitrogen and oxygen atoms in total. The van der Waals surface area contributed by atoms with Crippen molar-refractivity contribution in [1.82, 2.24) is 0 Å². The number of carbonyl (C=O) groups excluding carboxylic acids is 1. The number of hydrogen-bond donors (Lipinski definition) is 1. The summed E-state index contributed by atoms with van der Waals surface area (Å²) in [4.78, 5) is 12.4. The average molecular weight is 472 g/mol. The maximum Gasteiger partial charge on any atom is 0.343 e. The normalized spacial score (nSPS) is 15.0. The van der Waals surface area contributed by atoms with E-state index in [1.54, 1.807) is 60.7 Å². The molecule has 0 spiro atoms. The minimum atomic E-state index is -0.547. The summed E-state index contributed by atoms with van der Waals surface area (Å²) in [6.45, 7) is 0. The molecule has 1 unspecified atom stereocenters. The van der Waals surface area contributed by atoms with Crippen LogP contribution in [-0.2, 0) is 0 Å². The van der Waals surface area contributed by atoms with Crippen molar-refractivity contribution in [3.05, 3.63) is 104 Å². The standard InChI is InChI=1S/C23H13Cl3N2O3/c24-14-4-1-12(2-5-14)23(29)30-15-6-7-16-20(10-15)31-22(28)17(11-27)21(16)13-3-8-18(25)19(26)9-13/h1-10,21H,28H2. The molecule has 8 heteroatoms. The first-order valence-electron chi connectivity index (χ1n) is 9.01. The zero-order valence-corrected chi connectivity index (χ0v) is 18.0.